The third kappa shape index (κ3) is 13.9. The lowest BCUT2D eigenvalue weighted by atomic mass is 10.1. The summed E-state index contributed by atoms with van der Waals surface area (Å²) in [6, 6.07) is 6.78. The summed E-state index contributed by atoms with van der Waals surface area (Å²) in [7, 11) is 0. The lowest BCUT2D eigenvalue weighted by Crippen LogP contribution is -2.09. The third-order valence-corrected chi connectivity index (χ3v) is 4.37. The van der Waals surface area contributed by atoms with Gasteiger partial charge in [0.05, 0.1) is 12.0 Å². The topological polar surface area (TPSA) is 43.4 Å². The number of carbonyl (C=O) groups is 2. The average molecular weight is 433 g/mol. The minimum atomic E-state index is -0.376. The number of benzene rings is 1. The molecule has 3 heteroatoms. The van der Waals surface area contributed by atoms with Crippen molar-refractivity contribution < 1.29 is 14.3 Å². The Morgan fingerprint density at radius 2 is 1.12 bits per heavy atom. The van der Waals surface area contributed by atoms with Gasteiger partial charge in [0.25, 0.3) is 0 Å². The average Bonchev–Trinajstić information content (AvgIpc) is 2.78. The van der Waals surface area contributed by atoms with E-state index in [9.17, 15) is 9.59 Å². The standard InChI is InChI=1S/C29H36O3/c1-3-4-5-6-7-8-9-10-11-12-13-14-15-16-17-18-19-20-25-29(31)32-28-24-22-21-23-27(28)26(2)30/h4-5,7-8,10-11,13-14,16-17,19-24H,3,6,9,12,15,18,25H2,1-2H3/b5-4-,8-7-,11-10-,14-13-,17-16-,20-19-. The molecule has 0 radical (unpaired) electrons. The normalized spacial score (nSPS) is 12.4. The SMILES string of the molecule is CC/C=C\C/C=C\C/C=C\C/C=C\C/C=C\C/C=C\CC(=O)Oc1ccccc1C(C)=O. The predicted octanol–water partition coefficient (Wildman–Crippen LogP) is 7.88. The molecule has 1 aromatic carbocycles. The molecule has 0 N–H and O–H groups in total. The van der Waals surface area contributed by atoms with Crippen molar-refractivity contribution in [2.24, 2.45) is 0 Å². The lowest BCUT2D eigenvalue weighted by Gasteiger charge is -2.06. The van der Waals surface area contributed by atoms with Gasteiger partial charge in [0.2, 0.25) is 0 Å². The molecule has 0 amide bonds. The monoisotopic (exact) mass is 432 g/mol. The Labute approximate surface area is 193 Å². The first-order chi connectivity index (χ1) is 15.6. The fourth-order valence-corrected chi connectivity index (χ4v) is 2.71. The van der Waals surface area contributed by atoms with Gasteiger partial charge in [0, 0.05) is 0 Å². The molecule has 170 valence electrons. The van der Waals surface area contributed by atoms with Gasteiger partial charge < -0.3 is 4.74 Å². The van der Waals surface area contributed by atoms with Crippen LogP contribution in [-0.4, -0.2) is 11.8 Å². The largest absolute Gasteiger partial charge is 0.426 e. The van der Waals surface area contributed by atoms with E-state index >= 15 is 0 Å². The maximum Gasteiger partial charge on any atom is 0.315 e. The molecule has 1 aromatic rings. The number of esters is 1. The van der Waals surface area contributed by atoms with Gasteiger partial charge in [-0.2, -0.15) is 0 Å². The molecule has 0 bridgehead atoms. The van der Waals surface area contributed by atoms with E-state index in [2.05, 4.69) is 67.7 Å². The zero-order valence-electron chi connectivity index (χ0n) is 19.4. The van der Waals surface area contributed by atoms with E-state index in [0.717, 1.165) is 38.5 Å². The van der Waals surface area contributed by atoms with Gasteiger partial charge >= 0.3 is 5.97 Å². The second-order valence-electron chi connectivity index (χ2n) is 7.15. The Balaban J connectivity index is 2.13. The molecule has 32 heavy (non-hydrogen) atoms. The molecule has 1 rings (SSSR count). The molecule has 0 atom stereocenters. The second kappa shape index (κ2) is 18.6. The van der Waals surface area contributed by atoms with Crippen molar-refractivity contribution in [2.45, 2.75) is 58.8 Å². The van der Waals surface area contributed by atoms with E-state index in [1.54, 1.807) is 30.3 Å². The van der Waals surface area contributed by atoms with Gasteiger partial charge in [-0.1, -0.05) is 92.0 Å². The smallest absolute Gasteiger partial charge is 0.315 e. The Bertz CT molecular complexity index is 851. The van der Waals surface area contributed by atoms with Crippen molar-refractivity contribution in [3.63, 3.8) is 0 Å². The van der Waals surface area contributed by atoms with Crippen molar-refractivity contribution >= 4 is 11.8 Å². The fraction of sp³-hybridized carbons (Fsp3) is 0.310. The van der Waals surface area contributed by atoms with Gasteiger partial charge in [0.15, 0.2) is 5.78 Å². The highest BCUT2D eigenvalue weighted by Gasteiger charge is 2.10. The lowest BCUT2D eigenvalue weighted by molar-refractivity contribution is -0.133. The molecule has 0 aliphatic rings. The van der Waals surface area contributed by atoms with Crippen LogP contribution in [0, 0.1) is 0 Å². The van der Waals surface area contributed by atoms with E-state index in [1.807, 2.05) is 6.08 Å². The van der Waals surface area contributed by atoms with Gasteiger partial charge in [0.1, 0.15) is 5.75 Å². The molecule has 0 fully saturated rings. The number of carbonyl (C=O) groups excluding carboxylic acids is 2. The molecule has 0 unspecified atom stereocenters. The molecule has 0 aliphatic carbocycles. The summed E-state index contributed by atoms with van der Waals surface area (Å²) in [4.78, 5) is 23.5. The van der Waals surface area contributed by atoms with Crippen molar-refractivity contribution in [1.82, 2.24) is 0 Å². The molecular weight excluding hydrogens is 396 g/mol. The molecule has 0 saturated heterocycles. The van der Waals surface area contributed by atoms with Crippen molar-refractivity contribution in [2.75, 3.05) is 0 Å². The molecular formula is C29H36O3. The van der Waals surface area contributed by atoms with Crippen LogP contribution in [-0.2, 0) is 4.79 Å². The Morgan fingerprint density at radius 3 is 1.59 bits per heavy atom. The minimum Gasteiger partial charge on any atom is -0.426 e. The van der Waals surface area contributed by atoms with Crippen LogP contribution in [0.3, 0.4) is 0 Å². The molecule has 3 nitrogen and oxygen atoms in total. The maximum absolute atomic E-state index is 11.9. The zero-order chi connectivity index (χ0) is 23.3. The van der Waals surface area contributed by atoms with Crippen LogP contribution in [0.1, 0.15) is 69.2 Å². The first-order valence-corrected chi connectivity index (χ1v) is 11.4. The molecule has 0 aliphatic heterocycles. The Morgan fingerprint density at radius 1 is 0.688 bits per heavy atom. The van der Waals surface area contributed by atoms with Crippen molar-refractivity contribution in [3.05, 3.63) is 103 Å². The van der Waals surface area contributed by atoms with E-state index in [4.69, 9.17) is 4.74 Å². The van der Waals surface area contributed by atoms with E-state index in [0.29, 0.717) is 11.3 Å². The van der Waals surface area contributed by atoms with Crippen LogP contribution in [0.2, 0.25) is 0 Å². The maximum atomic E-state index is 11.9. The third-order valence-electron chi connectivity index (χ3n) is 4.37. The van der Waals surface area contributed by atoms with E-state index in [-0.39, 0.29) is 18.2 Å². The quantitative estimate of drug-likeness (QED) is 0.122. The van der Waals surface area contributed by atoms with Crippen LogP contribution in [0.4, 0.5) is 0 Å². The molecule has 0 saturated carbocycles. The van der Waals surface area contributed by atoms with Gasteiger partial charge in [-0.05, 0) is 57.6 Å². The Hall–Kier alpha value is -3.20. The Kier molecular flexibility index (Phi) is 15.6. The number of ether oxygens (including phenoxy) is 1. The highest BCUT2D eigenvalue weighted by Crippen LogP contribution is 2.18. The van der Waals surface area contributed by atoms with Gasteiger partial charge in [-0.25, -0.2) is 0 Å². The summed E-state index contributed by atoms with van der Waals surface area (Å²) in [6.45, 7) is 3.60. The summed E-state index contributed by atoms with van der Waals surface area (Å²) >= 11 is 0. The predicted molar refractivity (Wildman–Crippen MR) is 135 cm³/mol. The van der Waals surface area contributed by atoms with Crippen molar-refractivity contribution in [3.8, 4) is 5.75 Å². The van der Waals surface area contributed by atoms with Crippen LogP contribution < -0.4 is 4.74 Å². The molecule has 0 spiro atoms. The summed E-state index contributed by atoms with van der Waals surface area (Å²) in [5.74, 6) is -0.183. The van der Waals surface area contributed by atoms with Crippen LogP contribution in [0.25, 0.3) is 0 Å². The summed E-state index contributed by atoms with van der Waals surface area (Å²) in [5, 5.41) is 0. The number of hydrogen-bond donors (Lipinski definition) is 0. The van der Waals surface area contributed by atoms with Gasteiger partial charge in [-0.15, -0.1) is 0 Å². The van der Waals surface area contributed by atoms with Crippen molar-refractivity contribution in [1.29, 1.82) is 0 Å². The van der Waals surface area contributed by atoms with Crippen LogP contribution in [0.15, 0.2) is 97.2 Å². The number of rotatable bonds is 15. The number of para-hydroxylation sites is 1. The number of ketones is 1. The number of Topliss-reactive ketones (excluding diaryl/α,β-unsaturated/α-hetero) is 1. The highest BCUT2D eigenvalue weighted by molar-refractivity contribution is 5.97. The minimum absolute atomic E-state index is 0.123. The van der Waals surface area contributed by atoms with E-state index in [1.165, 1.54) is 6.92 Å². The fourth-order valence-electron chi connectivity index (χ4n) is 2.71. The summed E-state index contributed by atoms with van der Waals surface area (Å²) in [6.07, 6.45) is 31.3. The highest BCUT2D eigenvalue weighted by atomic mass is 16.5. The first-order valence-electron chi connectivity index (χ1n) is 11.4. The van der Waals surface area contributed by atoms with Gasteiger partial charge in [-0.3, -0.25) is 9.59 Å². The second-order valence-corrected chi connectivity index (χ2v) is 7.15. The van der Waals surface area contributed by atoms with E-state index < -0.39 is 0 Å². The summed E-state index contributed by atoms with van der Waals surface area (Å²) < 4.78 is 5.29. The molecule has 0 aromatic heterocycles. The summed E-state index contributed by atoms with van der Waals surface area (Å²) in [5.41, 5.74) is 0.420. The van der Waals surface area contributed by atoms with Crippen LogP contribution in [0.5, 0.6) is 5.75 Å². The van der Waals surface area contributed by atoms with Crippen LogP contribution >= 0.6 is 0 Å². The first kappa shape index (κ1) is 26.8. The number of allylic oxidation sites excluding steroid dienone is 11. The molecule has 0 heterocycles. The zero-order valence-corrected chi connectivity index (χ0v) is 19.4. The number of hydrogen-bond acceptors (Lipinski definition) is 3.